The molecule has 18 heavy (non-hydrogen) atoms. The molecule has 0 radical (unpaired) electrons. The number of nitrogens with two attached hydrogens (primary N) is 1. The molecule has 0 bridgehead atoms. The molecule has 0 spiro atoms. The van der Waals surface area contributed by atoms with Crippen molar-refractivity contribution in [3.05, 3.63) is 11.9 Å². The summed E-state index contributed by atoms with van der Waals surface area (Å²) in [5, 5.41) is 19.8. The Hall–Kier alpha value is -1.47. The lowest BCUT2D eigenvalue weighted by Crippen LogP contribution is -2.50. The van der Waals surface area contributed by atoms with Crippen LogP contribution in [0.15, 0.2) is 6.20 Å². The summed E-state index contributed by atoms with van der Waals surface area (Å²) in [5.74, 6) is -0.323. The Kier molecular flexibility index (Phi) is 5.24. The molecular weight excluding hydrogens is 234 g/mol. The van der Waals surface area contributed by atoms with Gasteiger partial charge in [-0.05, 0) is 12.8 Å². The second kappa shape index (κ2) is 6.46. The molecule has 0 atom stereocenters. The van der Waals surface area contributed by atoms with Gasteiger partial charge in [-0.1, -0.05) is 19.1 Å². The third kappa shape index (κ3) is 3.27. The predicted molar refractivity (Wildman–Crippen MR) is 66.9 cm³/mol. The number of carbonyl (C=O) groups is 1. The molecule has 0 aliphatic carbocycles. The monoisotopic (exact) mass is 255 g/mol. The van der Waals surface area contributed by atoms with E-state index in [9.17, 15) is 9.90 Å². The van der Waals surface area contributed by atoms with E-state index in [1.807, 2.05) is 13.8 Å². The average Bonchev–Trinajstić information content (AvgIpc) is 2.85. The quantitative estimate of drug-likeness (QED) is 0.610. The minimum absolute atomic E-state index is 0.0946. The molecule has 4 N–H and O–H groups in total. The number of amides is 1. The van der Waals surface area contributed by atoms with Gasteiger partial charge in [-0.2, -0.15) is 0 Å². The molecule has 1 aromatic rings. The Morgan fingerprint density at radius 1 is 1.56 bits per heavy atom. The third-order valence-corrected chi connectivity index (χ3v) is 3.16. The zero-order valence-corrected chi connectivity index (χ0v) is 10.9. The molecule has 0 aliphatic heterocycles. The van der Waals surface area contributed by atoms with Crippen LogP contribution in [-0.4, -0.2) is 44.7 Å². The van der Waals surface area contributed by atoms with Crippen molar-refractivity contribution in [3.63, 3.8) is 0 Å². The number of nitrogens with one attached hydrogen (secondary N) is 1. The second-order valence-corrected chi connectivity index (χ2v) is 4.26. The molecule has 7 nitrogen and oxygen atoms in total. The maximum absolute atomic E-state index is 12.0. The summed E-state index contributed by atoms with van der Waals surface area (Å²) in [6, 6.07) is 0. The highest BCUT2D eigenvalue weighted by Gasteiger charge is 2.28. The van der Waals surface area contributed by atoms with Crippen molar-refractivity contribution in [2.45, 2.75) is 38.8 Å². The Bertz CT molecular complexity index is 378. The number of aliphatic hydroxyl groups is 1. The second-order valence-electron chi connectivity index (χ2n) is 4.26. The van der Waals surface area contributed by atoms with E-state index < -0.39 is 5.54 Å². The minimum Gasteiger partial charge on any atom is -0.394 e. The topological polar surface area (TPSA) is 106 Å². The molecule has 1 aromatic heterocycles. The van der Waals surface area contributed by atoms with E-state index in [1.165, 1.54) is 4.68 Å². The van der Waals surface area contributed by atoms with Crippen LogP contribution in [0.2, 0.25) is 0 Å². The molecule has 1 amide bonds. The fourth-order valence-electron chi connectivity index (χ4n) is 1.64. The van der Waals surface area contributed by atoms with Gasteiger partial charge in [0.05, 0.1) is 24.9 Å². The first-order chi connectivity index (χ1) is 8.60. The van der Waals surface area contributed by atoms with Crippen LogP contribution in [0, 0.1) is 0 Å². The van der Waals surface area contributed by atoms with Crippen LogP contribution in [0.5, 0.6) is 0 Å². The van der Waals surface area contributed by atoms with Gasteiger partial charge < -0.3 is 16.2 Å². The highest BCUT2D eigenvalue weighted by Crippen LogP contribution is 2.14. The summed E-state index contributed by atoms with van der Waals surface area (Å²) in [4.78, 5) is 12.0. The number of hydrogen-bond donors (Lipinski definition) is 3. The standard InChI is InChI=1S/C11H21N5O2/c1-3-11(4-2,8-17)13-10(18)9-7-16(6-5-12)15-14-9/h7,17H,3-6,8,12H2,1-2H3,(H,13,18). The summed E-state index contributed by atoms with van der Waals surface area (Å²) in [7, 11) is 0. The van der Waals surface area contributed by atoms with Gasteiger partial charge in [-0.15, -0.1) is 5.10 Å². The van der Waals surface area contributed by atoms with Gasteiger partial charge >= 0.3 is 0 Å². The van der Waals surface area contributed by atoms with E-state index in [0.29, 0.717) is 25.9 Å². The smallest absolute Gasteiger partial charge is 0.273 e. The number of nitrogens with zero attached hydrogens (tertiary/aromatic N) is 3. The fourth-order valence-corrected chi connectivity index (χ4v) is 1.64. The van der Waals surface area contributed by atoms with Gasteiger partial charge in [0.2, 0.25) is 0 Å². The van der Waals surface area contributed by atoms with Gasteiger partial charge in [0.25, 0.3) is 5.91 Å². The van der Waals surface area contributed by atoms with Crippen LogP contribution in [-0.2, 0) is 6.54 Å². The molecular formula is C11H21N5O2. The van der Waals surface area contributed by atoms with Crippen molar-refractivity contribution in [1.29, 1.82) is 0 Å². The van der Waals surface area contributed by atoms with E-state index in [0.717, 1.165) is 0 Å². The lowest BCUT2D eigenvalue weighted by molar-refractivity contribution is 0.0812. The number of aliphatic hydroxyl groups excluding tert-OH is 1. The molecule has 1 heterocycles. The number of carbonyl (C=O) groups excluding carboxylic acids is 1. The maximum atomic E-state index is 12.0. The minimum atomic E-state index is -0.589. The lowest BCUT2D eigenvalue weighted by atomic mass is 9.94. The first kappa shape index (κ1) is 14.6. The van der Waals surface area contributed by atoms with Crippen molar-refractivity contribution >= 4 is 5.91 Å². The van der Waals surface area contributed by atoms with Crippen LogP contribution in [0.1, 0.15) is 37.2 Å². The molecule has 0 aromatic carbocycles. The molecule has 1 rings (SSSR count). The number of aromatic nitrogens is 3. The highest BCUT2D eigenvalue weighted by molar-refractivity contribution is 5.92. The molecule has 102 valence electrons. The van der Waals surface area contributed by atoms with Crippen molar-refractivity contribution in [3.8, 4) is 0 Å². The summed E-state index contributed by atoms with van der Waals surface area (Å²) < 4.78 is 1.52. The highest BCUT2D eigenvalue weighted by atomic mass is 16.3. The van der Waals surface area contributed by atoms with E-state index >= 15 is 0 Å². The number of rotatable bonds is 7. The largest absolute Gasteiger partial charge is 0.394 e. The van der Waals surface area contributed by atoms with Crippen molar-refractivity contribution in [2.24, 2.45) is 5.73 Å². The van der Waals surface area contributed by atoms with E-state index in [-0.39, 0.29) is 18.2 Å². The SMILES string of the molecule is CCC(CC)(CO)NC(=O)c1cn(CCN)nn1. The van der Waals surface area contributed by atoms with Crippen LogP contribution in [0.25, 0.3) is 0 Å². The Morgan fingerprint density at radius 3 is 2.72 bits per heavy atom. The average molecular weight is 255 g/mol. The van der Waals surface area contributed by atoms with Crippen molar-refractivity contribution < 1.29 is 9.90 Å². The summed E-state index contributed by atoms with van der Waals surface area (Å²) >= 11 is 0. The zero-order valence-electron chi connectivity index (χ0n) is 10.9. The van der Waals surface area contributed by atoms with E-state index in [4.69, 9.17) is 5.73 Å². The van der Waals surface area contributed by atoms with E-state index in [2.05, 4.69) is 15.6 Å². The first-order valence-corrected chi connectivity index (χ1v) is 6.14. The van der Waals surface area contributed by atoms with Crippen molar-refractivity contribution in [2.75, 3.05) is 13.2 Å². The summed E-state index contributed by atoms with van der Waals surface area (Å²) in [6.45, 7) is 4.71. The van der Waals surface area contributed by atoms with Crippen LogP contribution < -0.4 is 11.1 Å². The van der Waals surface area contributed by atoms with Gasteiger partial charge in [-0.3, -0.25) is 9.48 Å². The lowest BCUT2D eigenvalue weighted by Gasteiger charge is -2.30. The van der Waals surface area contributed by atoms with Crippen LogP contribution >= 0.6 is 0 Å². The van der Waals surface area contributed by atoms with Gasteiger partial charge in [-0.25, -0.2) is 0 Å². The molecule has 0 fully saturated rings. The zero-order chi connectivity index (χ0) is 13.6. The Morgan fingerprint density at radius 2 is 2.22 bits per heavy atom. The van der Waals surface area contributed by atoms with Crippen LogP contribution in [0.3, 0.4) is 0 Å². The normalized spacial score (nSPS) is 11.6. The van der Waals surface area contributed by atoms with E-state index in [1.54, 1.807) is 6.20 Å². The first-order valence-electron chi connectivity index (χ1n) is 6.14. The maximum Gasteiger partial charge on any atom is 0.273 e. The van der Waals surface area contributed by atoms with Crippen LogP contribution in [0.4, 0.5) is 0 Å². The molecule has 0 aliphatic rings. The van der Waals surface area contributed by atoms with Gasteiger partial charge in [0.1, 0.15) is 0 Å². The predicted octanol–water partition coefficient (Wildman–Crippen LogP) is -0.482. The Balaban J connectivity index is 2.74. The van der Waals surface area contributed by atoms with Crippen molar-refractivity contribution in [1.82, 2.24) is 20.3 Å². The fraction of sp³-hybridized carbons (Fsp3) is 0.727. The molecule has 0 saturated heterocycles. The molecule has 0 unspecified atom stereocenters. The third-order valence-electron chi connectivity index (χ3n) is 3.16. The summed E-state index contributed by atoms with van der Waals surface area (Å²) in [5.41, 5.74) is 5.04. The summed E-state index contributed by atoms with van der Waals surface area (Å²) in [6.07, 6.45) is 2.86. The number of hydrogen-bond acceptors (Lipinski definition) is 5. The van der Waals surface area contributed by atoms with Gasteiger partial charge in [0.15, 0.2) is 5.69 Å². The molecule has 0 saturated carbocycles. The molecule has 7 heteroatoms. The van der Waals surface area contributed by atoms with Gasteiger partial charge in [0, 0.05) is 6.54 Å². The Labute approximate surface area is 106 Å².